The van der Waals surface area contributed by atoms with Gasteiger partial charge in [-0.1, -0.05) is 6.07 Å². The lowest BCUT2D eigenvalue weighted by Crippen LogP contribution is -2.39. The van der Waals surface area contributed by atoms with Crippen LogP contribution in [0.4, 0.5) is 5.95 Å². The summed E-state index contributed by atoms with van der Waals surface area (Å²) in [4.78, 5) is 12.8. The molecule has 0 bridgehead atoms. The average Bonchev–Trinajstić information content (AvgIpc) is 2.40. The predicted molar refractivity (Wildman–Crippen MR) is 72.0 cm³/mol. The zero-order chi connectivity index (χ0) is 13.0. The fourth-order valence-electron chi connectivity index (χ4n) is 1.41. The fourth-order valence-corrected chi connectivity index (χ4v) is 1.41. The van der Waals surface area contributed by atoms with Gasteiger partial charge in [-0.15, -0.1) is 0 Å². The van der Waals surface area contributed by atoms with E-state index in [1.54, 1.807) is 18.6 Å². The van der Waals surface area contributed by atoms with Crippen molar-refractivity contribution in [3.63, 3.8) is 0 Å². The summed E-state index contributed by atoms with van der Waals surface area (Å²) in [5.41, 5.74) is 7.19. The van der Waals surface area contributed by atoms with Crippen LogP contribution in [0.5, 0.6) is 0 Å². The lowest BCUT2D eigenvalue weighted by atomic mass is 10.1. The molecular weight excluding hydrogens is 226 g/mol. The van der Waals surface area contributed by atoms with E-state index >= 15 is 0 Å². The summed E-state index contributed by atoms with van der Waals surface area (Å²) < 4.78 is 0. The van der Waals surface area contributed by atoms with E-state index in [0.717, 1.165) is 11.3 Å². The van der Waals surface area contributed by atoms with Crippen molar-refractivity contribution >= 4 is 5.95 Å². The second-order valence-electron chi connectivity index (χ2n) is 4.72. The Kier molecular flexibility index (Phi) is 3.53. The first-order chi connectivity index (χ1) is 8.61. The maximum atomic E-state index is 5.65. The van der Waals surface area contributed by atoms with Gasteiger partial charge in [-0.05, 0) is 26.0 Å². The predicted octanol–water partition coefficient (Wildman–Crippen LogP) is 1.69. The minimum Gasteiger partial charge on any atom is -0.348 e. The number of anilines is 1. The van der Waals surface area contributed by atoms with Crippen LogP contribution in [0.2, 0.25) is 0 Å². The molecule has 3 N–H and O–H groups in total. The van der Waals surface area contributed by atoms with Crippen molar-refractivity contribution in [3.8, 4) is 11.3 Å². The summed E-state index contributed by atoms with van der Waals surface area (Å²) in [6.07, 6.45) is 5.26. The molecule has 2 rings (SSSR count). The second-order valence-corrected chi connectivity index (χ2v) is 4.72. The molecule has 0 saturated carbocycles. The molecule has 0 amide bonds. The van der Waals surface area contributed by atoms with Gasteiger partial charge in [0.05, 0.1) is 5.69 Å². The zero-order valence-corrected chi connectivity index (χ0v) is 10.6. The molecule has 0 aliphatic rings. The first-order valence-electron chi connectivity index (χ1n) is 5.82. The Morgan fingerprint density at radius 1 is 1.17 bits per heavy atom. The number of nitrogens with one attached hydrogen (secondary N) is 1. The summed E-state index contributed by atoms with van der Waals surface area (Å²) in [5, 5.41) is 3.18. The van der Waals surface area contributed by atoms with E-state index in [0.29, 0.717) is 12.5 Å². The van der Waals surface area contributed by atoms with Gasteiger partial charge in [0.25, 0.3) is 0 Å². The van der Waals surface area contributed by atoms with Crippen molar-refractivity contribution in [2.45, 2.75) is 19.4 Å². The van der Waals surface area contributed by atoms with Crippen molar-refractivity contribution in [2.24, 2.45) is 5.73 Å². The van der Waals surface area contributed by atoms with Crippen LogP contribution in [0.1, 0.15) is 13.8 Å². The van der Waals surface area contributed by atoms with Crippen molar-refractivity contribution < 1.29 is 0 Å². The second kappa shape index (κ2) is 5.10. The van der Waals surface area contributed by atoms with Crippen molar-refractivity contribution in [2.75, 3.05) is 11.9 Å². The molecule has 0 unspecified atom stereocenters. The molecule has 0 atom stereocenters. The van der Waals surface area contributed by atoms with Crippen LogP contribution >= 0.6 is 0 Å². The Bertz CT molecular complexity index is 493. The quantitative estimate of drug-likeness (QED) is 0.854. The molecule has 0 radical (unpaired) electrons. The van der Waals surface area contributed by atoms with Crippen LogP contribution in [-0.2, 0) is 0 Å². The molecule has 0 aliphatic carbocycles. The van der Waals surface area contributed by atoms with Crippen LogP contribution in [-0.4, -0.2) is 27.0 Å². The van der Waals surface area contributed by atoms with E-state index in [1.807, 2.05) is 32.0 Å². The monoisotopic (exact) mass is 243 g/mol. The number of hydrogen-bond acceptors (Lipinski definition) is 5. The highest BCUT2D eigenvalue weighted by molar-refractivity contribution is 5.56. The van der Waals surface area contributed by atoms with E-state index < -0.39 is 0 Å². The SMILES string of the molecule is CC(C)(CN)Nc1ncc(-c2ccccn2)cn1. The Balaban J connectivity index is 2.16. The maximum Gasteiger partial charge on any atom is 0.223 e. The molecule has 2 aromatic heterocycles. The van der Waals surface area contributed by atoms with Crippen LogP contribution in [0, 0.1) is 0 Å². The van der Waals surface area contributed by atoms with Gasteiger partial charge in [-0.3, -0.25) is 4.98 Å². The highest BCUT2D eigenvalue weighted by Crippen LogP contribution is 2.15. The molecule has 5 nitrogen and oxygen atoms in total. The molecule has 5 heteroatoms. The Labute approximate surface area is 106 Å². The summed E-state index contributed by atoms with van der Waals surface area (Å²) in [6.45, 7) is 4.52. The molecule has 0 fully saturated rings. The molecule has 0 spiro atoms. The standard InChI is InChI=1S/C13H17N5/c1-13(2,9-14)18-12-16-7-10(8-17-12)11-5-3-4-6-15-11/h3-8H,9,14H2,1-2H3,(H,16,17,18). The van der Waals surface area contributed by atoms with Gasteiger partial charge in [0, 0.05) is 36.2 Å². The van der Waals surface area contributed by atoms with Crippen LogP contribution in [0.3, 0.4) is 0 Å². The topological polar surface area (TPSA) is 76.7 Å². The van der Waals surface area contributed by atoms with Crippen molar-refractivity contribution in [1.29, 1.82) is 0 Å². The van der Waals surface area contributed by atoms with Gasteiger partial charge < -0.3 is 11.1 Å². The lowest BCUT2D eigenvalue weighted by molar-refractivity contribution is 0.574. The minimum absolute atomic E-state index is 0.216. The highest BCUT2D eigenvalue weighted by atomic mass is 15.1. The average molecular weight is 243 g/mol. The molecule has 2 heterocycles. The lowest BCUT2D eigenvalue weighted by Gasteiger charge is -2.23. The molecule has 0 saturated heterocycles. The first kappa shape index (κ1) is 12.4. The zero-order valence-electron chi connectivity index (χ0n) is 10.6. The largest absolute Gasteiger partial charge is 0.348 e. The third kappa shape index (κ3) is 3.01. The molecule has 0 aliphatic heterocycles. The van der Waals surface area contributed by atoms with E-state index in [-0.39, 0.29) is 5.54 Å². The summed E-state index contributed by atoms with van der Waals surface area (Å²) in [7, 11) is 0. The van der Waals surface area contributed by atoms with Gasteiger partial charge in [-0.25, -0.2) is 9.97 Å². The number of rotatable bonds is 4. The number of nitrogens with two attached hydrogens (primary N) is 1. The van der Waals surface area contributed by atoms with E-state index in [4.69, 9.17) is 5.73 Å². The number of aromatic nitrogens is 3. The molecule has 2 aromatic rings. The third-order valence-electron chi connectivity index (χ3n) is 2.57. The normalized spacial score (nSPS) is 11.3. The van der Waals surface area contributed by atoms with E-state index in [2.05, 4.69) is 20.3 Å². The molecular formula is C13H17N5. The summed E-state index contributed by atoms with van der Waals surface area (Å²) in [5.74, 6) is 0.574. The molecule has 94 valence electrons. The van der Waals surface area contributed by atoms with E-state index in [9.17, 15) is 0 Å². The maximum absolute atomic E-state index is 5.65. The Hall–Kier alpha value is -2.01. The molecule has 0 aromatic carbocycles. The summed E-state index contributed by atoms with van der Waals surface area (Å²) >= 11 is 0. The smallest absolute Gasteiger partial charge is 0.223 e. The Morgan fingerprint density at radius 3 is 2.44 bits per heavy atom. The third-order valence-corrected chi connectivity index (χ3v) is 2.57. The summed E-state index contributed by atoms with van der Waals surface area (Å²) in [6, 6.07) is 5.74. The minimum atomic E-state index is -0.216. The van der Waals surface area contributed by atoms with Gasteiger partial charge in [0.15, 0.2) is 0 Å². The van der Waals surface area contributed by atoms with Crippen LogP contribution < -0.4 is 11.1 Å². The first-order valence-corrected chi connectivity index (χ1v) is 5.82. The number of pyridine rings is 1. The van der Waals surface area contributed by atoms with Gasteiger partial charge in [0.1, 0.15) is 0 Å². The Morgan fingerprint density at radius 2 is 1.89 bits per heavy atom. The van der Waals surface area contributed by atoms with Crippen molar-refractivity contribution in [3.05, 3.63) is 36.8 Å². The van der Waals surface area contributed by atoms with Crippen LogP contribution in [0.15, 0.2) is 36.8 Å². The fraction of sp³-hybridized carbons (Fsp3) is 0.308. The molecule has 18 heavy (non-hydrogen) atoms. The van der Waals surface area contributed by atoms with Gasteiger partial charge in [-0.2, -0.15) is 0 Å². The van der Waals surface area contributed by atoms with Crippen LogP contribution in [0.25, 0.3) is 11.3 Å². The highest BCUT2D eigenvalue weighted by Gasteiger charge is 2.15. The van der Waals surface area contributed by atoms with Gasteiger partial charge >= 0.3 is 0 Å². The van der Waals surface area contributed by atoms with E-state index in [1.165, 1.54) is 0 Å². The number of nitrogens with zero attached hydrogens (tertiary/aromatic N) is 3. The number of hydrogen-bond donors (Lipinski definition) is 2. The van der Waals surface area contributed by atoms with Gasteiger partial charge in [0.2, 0.25) is 5.95 Å². The van der Waals surface area contributed by atoms with Crippen molar-refractivity contribution in [1.82, 2.24) is 15.0 Å².